The fourth-order valence-electron chi connectivity index (χ4n) is 1.15. The van der Waals surface area contributed by atoms with Crippen LogP contribution in [0.4, 0.5) is 0 Å². The molecule has 3 heteroatoms. The molecule has 0 aromatic carbocycles. The van der Waals surface area contributed by atoms with Crippen molar-refractivity contribution in [2.45, 2.75) is 38.7 Å². The second-order valence-corrected chi connectivity index (χ2v) is 4.05. The van der Waals surface area contributed by atoms with Gasteiger partial charge >= 0.3 is 0 Å². The molecule has 0 heterocycles. The van der Waals surface area contributed by atoms with Crippen molar-refractivity contribution >= 4 is 0 Å². The highest BCUT2D eigenvalue weighted by atomic mass is 16.3. The molecule has 0 aromatic rings. The van der Waals surface area contributed by atoms with Gasteiger partial charge in [-0.15, -0.1) is 0 Å². The van der Waals surface area contributed by atoms with E-state index in [1.54, 1.807) is 6.92 Å². The van der Waals surface area contributed by atoms with Gasteiger partial charge in [-0.25, -0.2) is 0 Å². The average Bonchev–Trinajstić information content (AvgIpc) is 2.12. The molecular formula is C10H24N2O. The topological polar surface area (TPSA) is 49.5 Å². The Morgan fingerprint density at radius 3 is 2.46 bits per heavy atom. The lowest BCUT2D eigenvalue weighted by molar-refractivity contribution is 0.0566. The van der Waals surface area contributed by atoms with E-state index in [2.05, 4.69) is 18.9 Å². The third kappa shape index (κ3) is 6.99. The minimum Gasteiger partial charge on any atom is -0.389 e. The highest BCUT2D eigenvalue weighted by molar-refractivity contribution is 4.72. The molecular weight excluding hydrogens is 164 g/mol. The second kappa shape index (κ2) is 6.35. The summed E-state index contributed by atoms with van der Waals surface area (Å²) in [6, 6.07) is 0. The van der Waals surface area contributed by atoms with Gasteiger partial charge in [0.1, 0.15) is 0 Å². The number of hydrogen-bond acceptors (Lipinski definition) is 3. The standard InChI is InChI=1S/C10H24N2O/c1-4-12(3)8-6-5-7-10(2,13)9-11/h13H,4-9,11H2,1-3H3. The lowest BCUT2D eigenvalue weighted by atomic mass is 9.99. The van der Waals surface area contributed by atoms with Gasteiger partial charge in [-0.3, -0.25) is 0 Å². The fourth-order valence-corrected chi connectivity index (χ4v) is 1.15. The Hall–Kier alpha value is -0.120. The first-order valence-electron chi connectivity index (χ1n) is 5.13. The maximum Gasteiger partial charge on any atom is 0.0741 e. The lowest BCUT2D eigenvalue weighted by Crippen LogP contribution is -2.34. The molecule has 0 radical (unpaired) electrons. The van der Waals surface area contributed by atoms with Gasteiger partial charge in [0.05, 0.1) is 5.60 Å². The van der Waals surface area contributed by atoms with Gasteiger partial charge in [-0.05, 0) is 46.3 Å². The van der Waals surface area contributed by atoms with Crippen LogP contribution in [0.3, 0.4) is 0 Å². The summed E-state index contributed by atoms with van der Waals surface area (Å²) in [5.41, 5.74) is 4.75. The van der Waals surface area contributed by atoms with Crippen LogP contribution in [0.5, 0.6) is 0 Å². The summed E-state index contributed by atoms with van der Waals surface area (Å²) in [4.78, 5) is 2.27. The molecule has 3 N–H and O–H groups in total. The van der Waals surface area contributed by atoms with E-state index in [0.29, 0.717) is 6.54 Å². The van der Waals surface area contributed by atoms with E-state index in [1.807, 2.05) is 0 Å². The molecule has 0 aliphatic rings. The molecule has 0 rings (SSSR count). The molecule has 0 aromatic heterocycles. The summed E-state index contributed by atoms with van der Waals surface area (Å²) >= 11 is 0. The number of rotatable bonds is 7. The van der Waals surface area contributed by atoms with Crippen molar-refractivity contribution < 1.29 is 5.11 Å². The Bertz CT molecular complexity index is 126. The number of nitrogens with two attached hydrogens (primary N) is 1. The quantitative estimate of drug-likeness (QED) is 0.582. The maximum atomic E-state index is 9.61. The fraction of sp³-hybridized carbons (Fsp3) is 1.00. The Morgan fingerprint density at radius 1 is 1.38 bits per heavy atom. The van der Waals surface area contributed by atoms with Gasteiger partial charge < -0.3 is 15.7 Å². The van der Waals surface area contributed by atoms with Crippen molar-refractivity contribution in [1.82, 2.24) is 4.90 Å². The van der Waals surface area contributed by atoms with Crippen molar-refractivity contribution in [3.8, 4) is 0 Å². The van der Waals surface area contributed by atoms with Crippen LogP contribution in [0.2, 0.25) is 0 Å². The molecule has 80 valence electrons. The Kier molecular flexibility index (Phi) is 6.29. The third-order valence-corrected chi connectivity index (χ3v) is 2.48. The van der Waals surface area contributed by atoms with Crippen molar-refractivity contribution in [3.05, 3.63) is 0 Å². The first-order valence-corrected chi connectivity index (χ1v) is 5.13. The van der Waals surface area contributed by atoms with Crippen LogP contribution in [0, 0.1) is 0 Å². The zero-order chi connectivity index (χ0) is 10.3. The van der Waals surface area contributed by atoms with Gasteiger partial charge in [0.2, 0.25) is 0 Å². The Morgan fingerprint density at radius 2 is 2.00 bits per heavy atom. The SMILES string of the molecule is CCN(C)CCCCC(C)(O)CN. The highest BCUT2D eigenvalue weighted by Gasteiger charge is 2.16. The zero-order valence-corrected chi connectivity index (χ0v) is 9.21. The van der Waals surface area contributed by atoms with E-state index in [0.717, 1.165) is 32.4 Å². The number of hydrogen-bond donors (Lipinski definition) is 2. The summed E-state index contributed by atoms with van der Waals surface area (Å²) in [6.07, 6.45) is 3.00. The maximum absolute atomic E-state index is 9.61. The molecule has 0 amide bonds. The van der Waals surface area contributed by atoms with E-state index in [4.69, 9.17) is 5.73 Å². The van der Waals surface area contributed by atoms with E-state index in [1.165, 1.54) is 0 Å². The van der Waals surface area contributed by atoms with E-state index in [-0.39, 0.29) is 0 Å². The van der Waals surface area contributed by atoms with Crippen LogP contribution in [0.25, 0.3) is 0 Å². The van der Waals surface area contributed by atoms with E-state index in [9.17, 15) is 5.11 Å². The molecule has 0 saturated carbocycles. The molecule has 1 unspecified atom stereocenters. The van der Waals surface area contributed by atoms with E-state index < -0.39 is 5.60 Å². The minimum absolute atomic E-state index is 0.358. The van der Waals surface area contributed by atoms with Crippen molar-refractivity contribution in [2.75, 3.05) is 26.7 Å². The zero-order valence-electron chi connectivity index (χ0n) is 9.21. The lowest BCUT2D eigenvalue weighted by Gasteiger charge is -2.21. The monoisotopic (exact) mass is 188 g/mol. The van der Waals surface area contributed by atoms with Crippen molar-refractivity contribution in [3.63, 3.8) is 0 Å². The van der Waals surface area contributed by atoms with Crippen LogP contribution < -0.4 is 5.73 Å². The number of nitrogens with zero attached hydrogens (tertiary/aromatic N) is 1. The Labute approximate surface area is 81.9 Å². The predicted octanol–water partition coefficient (Wildman–Crippen LogP) is 0.818. The van der Waals surface area contributed by atoms with Crippen LogP contribution in [0.15, 0.2) is 0 Å². The number of unbranched alkanes of at least 4 members (excludes halogenated alkanes) is 1. The molecule has 0 fully saturated rings. The first kappa shape index (κ1) is 12.9. The largest absolute Gasteiger partial charge is 0.389 e. The van der Waals surface area contributed by atoms with Gasteiger partial charge in [-0.2, -0.15) is 0 Å². The van der Waals surface area contributed by atoms with Crippen LogP contribution in [-0.4, -0.2) is 42.3 Å². The molecule has 0 aliphatic heterocycles. The van der Waals surface area contributed by atoms with Crippen LogP contribution in [0.1, 0.15) is 33.1 Å². The summed E-state index contributed by atoms with van der Waals surface area (Å²) in [5.74, 6) is 0. The van der Waals surface area contributed by atoms with Crippen molar-refractivity contribution in [1.29, 1.82) is 0 Å². The normalized spacial score (nSPS) is 16.2. The third-order valence-electron chi connectivity index (χ3n) is 2.48. The van der Waals surface area contributed by atoms with Crippen LogP contribution >= 0.6 is 0 Å². The predicted molar refractivity (Wildman–Crippen MR) is 56.7 cm³/mol. The molecule has 0 bridgehead atoms. The van der Waals surface area contributed by atoms with E-state index >= 15 is 0 Å². The summed E-state index contributed by atoms with van der Waals surface area (Å²) in [6.45, 7) is 6.51. The summed E-state index contributed by atoms with van der Waals surface area (Å²) in [5, 5.41) is 9.61. The number of aliphatic hydroxyl groups is 1. The van der Waals surface area contributed by atoms with Gasteiger partial charge in [0, 0.05) is 6.54 Å². The van der Waals surface area contributed by atoms with Gasteiger partial charge in [0.25, 0.3) is 0 Å². The van der Waals surface area contributed by atoms with Gasteiger partial charge in [0.15, 0.2) is 0 Å². The average molecular weight is 188 g/mol. The molecule has 0 aliphatic carbocycles. The minimum atomic E-state index is -0.662. The summed E-state index contributed by atoms with van der Waals surface area (Å²) in [7, 11) is 2.11. The first-order chi connectivity index (χ1) is 6.02. The summed E-state index contributed by atoms with van der Waals surface area (Å²) < 4.78 is 0. The molecule has 1 atom stereocenters. The van der Waals surface area contributed by atoms with Gasteiger partial charge in [-0.1, -0.05) is 6.92 Å². The molecule has 0 saturated heterocycles. The second-order valence-electron chi connectivity index (χ2n) is 4.05. The van der Waals surface area contributed by atoms with Crippen molar-refractivity contribution in [2.24, 2.45) is 5.73 Å². The Balaban J connectivity index is 3.35. The highest BCUT2D eigenvalue weighted by Crippen LogP contribution is 2.11. The molecule has 3 nitrogen and oxygen atoms in total. The molecule has 13 heavy (non-hydrogen) atoms. The molecule has 0 spiro atoms. The smallest absolute Gasteiger partial charge is 0.0741 e. The van der Waals surface area contributed by atoms with Crippen LogP contribution in [-0.2, 0) is 0 Å².